The molecule has 0 spiro atoms. The molecule has 0 atom stereocenters. The summed E-state index contributed by atoms with van der Waals surface area (Å²) in [6.45, 7) is 7.36. The Morgan fingerprint density at radius 2 is 1.72 bits per heavy atom. The van der Waals surface area contributed by atoms with Crippen LogP contribution in [-0.4, -0.2) is 42.9 Å². The Bertz CT molecular complexity index is 1250. The first-order valence-corrected chi connectivity index (χ1v) is 13.0. The van der Waals surface area contributed by atoms with Gasteiger partial charge in [-0.2, -0.15) is 9.30 Å². The number of aromatic nitrogens is 1. The molecule has 32 heavy (non-hydrogen) atoms. The summed E-state index contributed by atoms with van der Waals surface area (Å²) < 4.78 is 35.7. The molecule has 0 radical (unpaired) electrons. The highest BCUT2D eigenvalue weighted by molar-refractivity contribution is 7.89. The van der Waals surface area contributed by atoms with E-state index < -0.39 is 15.9 Å². The standard InChI is InChI=1S/C23H29N3O4S2/c1-5-14-26(15-6-2)32(28,29)19-11-8-17(9-12-19)22(27)24-23-25(4)20-13-10-18(30-7-3)16-21(20)31-23/h8-13,16H,5-7,14-15H2,1-4H3. The van der Waals surface area contributed by atoms with Gasteiger partial charge in [-0.1, -0.05) is 25.2 Å². The molecule has 0 N–H and O–H groups in total. The summed E-state index contributed by atoms with van der Waals surface area (Å²) in [5.41, 5.74) is 1.30. The number of carbonyl (C=O) groups excluding carboxylic acids is 1. The third-order valence-electron chi connectivity index (χ3n) is 4.97. The van der Waals surface area contributed by atoms with Crippen molar-refractivity contribution >= 4 is 37.5 Å². The van der Waals surface area contributed by atoms with Gasteiger partial charge in [0.15, 0.2) is 4.80 Å². The number of ether oxygens (including phenoxy) is 1. The van der Waals surface area contributed by atoms with Gasteiger partial charge in [0, 0.05) is 25.7 Å². The number of amides is 1. The number of fused-ring (bicyclic) bond motifs is 1. The largest absolute Gasteiger partial charge is 0.494 e. The zero-order chi connectivity index (χ0) is 23.3. The molecular weight excluding hydrogens is 446 g/mol. The maximum absolute atomic E-state index is 12.9. The Morgan fingerprint density at radius 1 is 1.06 bits per heavy atom. The van der Waals surface area contributed by atoms with Crippen molar-refractivity contribution in [3.8, 4) is 5.75 Å². The number of hydrogen-bond donors (Lipinski definition) is 0. The molecule has 0 saturated heterocycles. The van der Waals surface area contributed by atoms with Gasteiger partial charge in [0.2, 0.25) is 10.0 Å². The molecule has 172 valence electrons. The first kappa shape index (κ1) is 24.2. The smallest absolute Gasteiger partial charge is 0.279 e. The summed E-state index contributed by atoms with van der Waals surface area (Å²) >= 11 is 1.40. The maximum Gasteiger partial charge on any atom is 0.279 e. The molecule has 0 aliphatic carbocycles. The average Bonchev–Trinajstić information content (AvgIpc) is 3.08. The molecule has 7 nitrogen and oxygen atoms in total. The predicted molar refractivity (Wildman–Crippen MR) is 128 cm³/mol. The molecule has 0 unspecified atom stereocenters. The highest BCUT2D eigenvalue weighted by atomic mass is 32.2. The van der Waals surface area contributed by atoms with Gasteiger partial charge in [0.25, 0.3) is 5.91 Å². The zero-order valence-corrected chi connectivity index (χ0v) is 20.5. The molecule has 3 aromatic rings. The highest BCUT2D eigenvalue weighted by Crippen LogP contribution is 2.23. The van der Waals surface area contributed by atoms with Crippen LogP contribution in [0, 0.1) is 0 Å². The summed E-state index contributed by atoms with van der Waals surface area (Å²) in [6.07, 6.45) is 1.49. The molecule has 0 aliphatic rings. The minimum Gasteiger partial charge on any atom is -0.494 e. The zero-order valence-electron chi connectivity index (χ0n) is 18.9. The van der Waals surface area contributed by atoms with E-state index in [9.17, 15) is 13.2 Å². The van der Waals surface area contributed by atoms with Crippen LogP contribution < -0.4 is 9.54 Å². The number of benzene rings is 2. The third-order valence-corrected chi connectivity index (χ3v) is 7.98. The fourth-order valence-corrected chi connectivity index (χ4v) is 6.07. The van der Waals surface area contributed by atoms with Crippen LogP contribution in [0.15, 0.2) is 52.4 Å². The van der Waals surface area contributed by atoms with Crippen LogP contribution in [0.1, 0.15) is 44.0 Å². The number of carbonyl (C=O) groups is 1. The van der Waals surface area contributed by atoms with Crippen LogP contribution in [-0.2, 0) is 17.1 Å². The quantitative estimate of drug-likeness (QED) is 0.465. The van der Waals surface area contributed by atoms with Crippen LogP contribution in [0.4, 0.5) is 0 Å². The summed E-state index contributed by atoms with van der Waals surface area (Å²) in [4.78, 5) is 17.8. The normalized spacial score (nSPS) is 12.6. The van der Waals surface area contributed by atoms with Crippen LogP contribution >= 0.6 is 11.3 Å². The molecule has 1 aromatic heterocycles. The van der Waals surface area contributed by atoms with E-state index in [4.69, 9.17) is 4.74 Å². The number of sulfonamides is 1. The second-order valence-corrected chi connectivity index (χ2v) is 10.3. The van der Waals surface area contributed by atoms with E-state index in [1.807, 2.05) is 50.6 Å². The number of rotatable bonds is 9. The van der Waals surface area contributed by atoms with Crippen molar-refractivity contribution in [1.29, 1.82) is 0 Å². The molecule has 3 rings (SSSR count). The minimum atomic E-state index is -3.58. The fraction of sp³-hybridized carbons (Fsp3) is 0.391. The second-order valence-electron chi connectivity index (χ2n) is 7.35. The molecule has 2 aromatic carbocycles. The van der Waals surface area contributed by atoms with Crippen molar-refractivity contribution in [3.05, 3.63) is 52.8 Å². The minimum absolute atomic E-state index is 0.187. The first-order chi connectivity index (χ1) is 15.3. The molecular formula is C23H29N3O4S2. The Kier molecular flexibility index (Phi) is 7.86. The van der Waals surface area contributed by atoms with Crippen molar-refractivity contribution in [1.82, 2.24) is 8.87 Å². The Morgan fingerprint density at radius 3 is 2.31 bits per heavy atom. The molecule has 0 saturated carbocycles. The van der Waals surface area contributed by atoms with E-state index in [1.54, 1.807) is 0 Å². The molecule has 1 amide bonds. The lowest BCUT2D eigenvalue weighted by molar-refractivity contribution is 0.0998. The molecule has 0 bridgehead atoms. The van der Waals surface area contributed by atoms with Crippen molar-refractivity contribution in [2.45, 2.75) is 38.5 Å². The summed E-state index contributed by atoms with van der Waals surface area (Å²) in [5.74, 6) is 0.358. The Hall–Kier alpha value is -2.49. The van der Waals surface area contributed by atoms with Gasteiger partial charge in [-0.15, -0.1) is 0 Å². The summed E-state index contributed by atoms with van der Waals surface area (Å²) in [6, 6.07) is 11.8. The van der Waals surface area contributed by atoms with Gasteiger partial charge in [-0.05, 0) is 62.2 Å². The number of aryl methyl sites for hydroxylation is 1. The van der Waals surface area contributed by atoms with Crippen molar-refractivity contribution in [2.24, 2.45) is 12.0 Å². The van der Waals surface area contributed by atoms with E-state index in [-0.39, 0.29) is 4.90 Å². The van der Waals surface area contributed by atoms with Crippen LogP contribution in [0.25, 0.3) is 10.2 Å². The SMILES string of the molecule is CCCN(CCC)S(=O)(=O)c1ccc(C(=O)N=c2sc3cc(OCC)ccc3n2C)cc1. The third kappa shape index (κ3) is 5.11. The lowest BCUT2D eigenvalue weighted by Gasteiger charge is -2.21. The van der Waals surface area contributed by atoms with Crippen LogP contribution in [0.3, 0.4) is 0 Å². The van der Waals surface area contributed by atoms with Gasteiger partial charge in [-0.25, -0.2) is 8.42 Å². The highest BCUT2D eigenvalue weighted by Gasteiger charge is 2.23. The molecule has 0 fully saturated rings. The predicted octanol–water partition coefficient (Wildman–Crippen LogP) is 4.19. The van der Waals surface area contributed by atoms with Crippen LogP contribution in [0.5, 0.6) is 5.75 Å². The number of nitrogens with zero attached hydrogens (tertiary/aromatic N) is 3. The maximum atomic E-state index is 12.9. The van der Waals surface area contributed by atoms with Gasteiger partial charge in [0.05, 0.1) is 21.7 Å². The van der Waals surface area contributed by atoms with Gasteiger partial charge < -0.3 is 9.30 Å². The van der Waals surface area contributed by atoms with Crippen molar-refractivity contribution in [3.63, 3.8) is 0 Å². The van der Waals surface area contributed by atoms with Crippen molar-refractivity contribution < 1.29 is 17.9 Å². The van der Waals surface area contributed by atoms with Gasteiger partial charge in [0.1, 0.15) is 5.75 Å². The molecule has 1 heterocycles. The lowest BCUT2D eigenvalue weighted by atomic mass is 10.2. The topological polar surface area (TPSA) is 81.0 Å². The lowest BCUT2D eigenvalue weighted by Crippen LogP contribution is -2.32. The monoisotopic (exact) mass is 475 g/mol. The first-order valence-electron chi connectivity index (χ1n) is 10.7. The van der Waals surface area contributed by atoms with E-state index in [1.165, 1.54) is 39.9 Å². The van der Waals surface area contributed by atoms with E-state index in [0.29, 0.717) is 30.1 Å². The Balaban J connectivity index is 1.89. The van der Waals surface area contributed by atoms with Gasteiger partial charge in [-0.3, -0.25) is 4.79 Å². The van der Waals surface area contributed by atoms with Gasteiger partial charge >= 0.3 is 0 Å². The summed E-state index contributed by atoms with van der Waals surface area (Å²) in [5, 5.41) is 0. The van der Waals surface area contributed by atoms with Crippen molar-refractivity contribution in [2.75, 3.05) is 19.7 Å². The van der Waals surface area contributed by atoms with Crippen LogP contribution in [0.2, 0.25) is 0 Å². The fourth-order valence-electron chi connectivity index (χ4n) is 3.40. The van der Waals surface area contributed by atoms with E-state index in [2.05, 4.69) is 4.99 Å². The average molecular weight is 476 g/mol. The van der Waals surface area contributed by atoms with E-state index >= 15 is 0 Å². The summed E-state index contributed by atoms with van der Waals surface area (Å²) in [7, 11) is -1.72. The number of hydrogen-bond acceptors (Lipinski definition) is 5. The molecule has 9 heteroatoms. The molecule has 0 aliphatic heterocycles. The number of thiazole rings is 1. The van der Waals surface area contributed by atoms with E-state index in [0.717, 1.165) is 28.8 Å². The second kappa shape index (κ2) is 10.4. The Labute approximate surface area is 193 Å².